The van der Waals surface area contributed by atoms with Crippen molar-refractivity contribution < 1.29 is 8.42 Å². The summed E-state index contributed by atoms with van der Waals surface area (Å²) < 4.78 is 26.9. The number of nitrogens with zero attached hydrogens (tertiary/aromatic N) is 2. The number of hydrogen-bond acceptors (Lipinski definition) is 6. The molecule has 0 aliphatic carbocycles. The second kappa shape index (κ2) is 6.20. The molecule has 6 nitrogen and oxygen atoms in total. The van der Waals surface area contributed by atoms with Gasteiger partial charge in [-0.05, 0) is 25.2 Å². The van der Waals surface area contributed by atoms with E-state index in [2.05, 4.69) is 20.0 Å². The van der Waals surface area contributed by atoms with Gasteiger partial charge in [0.2, 0.25) is 10.0 Å². The van der Waals surface area contributed by atoms with Gasteiger partial charge in [0.25, 0.3) is 0 Å². The average molecular weight is 298 g/mol. The number of sulfonamides is 1. The van der Waals surface area contributed by atoms with Crippen LogP contribution in [0.25, 0.3) is 0 Å². The van der Waals surface area contributed by atoms with E-state index in [1.165, 1.54) is 17.7 Å². The van der Waals surface area contributed by atoms with Gasteiger partial charge in [-0.2, -0.15) is 0 Å². The van der Waals surface area contributed by atoms with E-state index in [0.717, 1.165) is 4.88 Å². The van der Waals surface area contributed by atoms with Crippen LogP contribution in [0.5, 0.6) is 0 Å². The van der Waals surface area contributed by atoms with E-state index in [4.69, 9.17) is 0 Å². The molecule has 0 spiro atoms. The first kappa shape index (κ1) is 14.1. The lowest BCUT2D eigenvalue weighted by molar-refractivity contribution is 0.582. The normalized spacial score (nSPS) is 11.6. The van der Waals surface area contributed by atoms with Crippen molar-refractivity contribution in [2.75, 3.05) is 7.05 Å². The molecular formula is C11H14N4O2S2. The number of rotatable bonds is 6. The van der Waals surface area contributed by atoms with Gasteiger partial charge in [-0.1, -0.05) is 0 Å². The molecule has 0 fully saturated rings. The van der Waals surface area contributed by atoms with Crippen LogP contribution in [-0.4, -0.2) is 25.4 Å². The molecule has 0 radical (unpaired) electrons. The van der Waals surface area contributed by atoms with Crippen molar-refractivity contribution >= 4 is 21.4 Å². The third kappa shape index (κ3) is 3.80. The summed E-state index contributed by atoms with van der Waals surface area (Å²) in [6, 6.07) is 5.09. The van der Waals surface area contributed by atoms with Crippen molar-refractivity contribution in [1.82, 2.24) is 20.0 Å². The standard InChI is InChI=1S/C11H14N4O2S2/c1-12-7-10-2-3-11(18-10)19(16,17)15-6-9-4-5-13-8-14-9/h2-5,8,12,15H,6-7H2,1H3. The Kier molecular flexibility index (Phi) is 4.59. The van der Waals surface area contributed by atoms with E-state index in [0.29, 0.717) is 16.4 Å². The highest BCUT2D eigenvalue weighted by Crippen LogP contribution is 2.21. The van der Waals surface area contributed by atoms with Gasteiger partial charge in [0.15, 0.2) is 0 Å². The Morgan fingerprint density at radius 1 is 1.26 bits per heavy atom. The second-order valence-corrected chi connectivity index (χ2v) is 6.94. The Labute approximate surface area is 116 Å². The molecule has 0 aromatic carbocycles. The fourth-order valence-electron chi connectivity index (χ4n) is 1.43. The highest BCUT2D eigenvalue weighted by atomic mass is 32.2. The maximum atomic E-state index is 12.1. The van der Waals surface area contributed by atoms with Crippen LogP contribution in [0.15, 0.2) is 34.9 Å². The van der Waals surface area contributed by atoms with Crippen LogP contribution < -0.4 is 10.0 Å². The zero-order chi connectivity index (χ0) is 13.7. The maximum absolute atomic E-state index is 12.1. The number of thiophene rings is 1. The summed E-state index contributed by atoms with van der Waals surface area (Å²) >= 11 is 1.25. The third-order valence-corrected chi connectivity index (χ3v) is 5.32. The highest BCUT2D eigenvalue weighted by molar-refractivity contribution is 7.91. The first-order valence-electron chi connectivity index (χ1n) is 5.59. The van der Waals surface area contributed by atoms with Crippen molar-refractivity contribution in [2.45, 2.75) is 17.3 Å². The van der Waals surface area contributed by atoms with Crippen LogP contribution in [0.4, 0.5) is 0 Å². The quantitative estimate of drug-likeness (QED) is 0.821. The van der Waals surface area contributed by atoms with E-state index >= 15 is 0 Å². The first-order chi connectivity index (χ1) is 9.12. The van der Waals surface area contributed by atoms with Gasteiger partial charge in [-0.3, -0.25) is 0 Å². The zero-order valence-electron chi connectivity index (χ0n) is 10.3. The third-order valence-electron chi connectivity index (χ3n) is 2.34. The summed E-state index contributed by atoms with van der Waals surface area (Å²) in [5.41, 5.74) is 0.630. The van der Waals surface area contributed by atoms with Crippen LogP contribution in [-0.2, 0) is 23.1 Å². The lowest BCUT2D eigenvalue weighted by atomic mass is 10.4. The molecule has 2 aromatic heterocycles. The molecule has 0 aliphatic heterocycles. The van der Waals surface area contributed by atoms with E-state index in [1.54, 1.807) is 24.4 Å². The van der Waals surface area contributed by atoms with Crippen molar-refractivity contribution in [3.05, 3.63) is 41.3 Å². The van der Waals surface area contributed by atoms with Gasteiger partial charge in [0.05, 0.1) is 12.2 Å². The van der Waals surface area contributed by atoms with Crippen molar-refractivity contribution in [1.29, 1.82) is 0 Å². The van der Waals surface area contributed by atoms with E-state index in [9.17, 15) is 8.42 Å². The molecule has 0 amide bonds. The van der Waals surface area contributed by atoms with Gasteiger partial charge in [-0.15, -0.1) is 11.3 Å². The molecule has 102 valence electrons. The van der Waals surface area contributed by atoms with Gasteiger partial charge >= 0.3 is 0 Å². The highest BCUT2D eigenvalue weighted by Gasteiger charge is 2.16. The maximum Gasteiger partial charge on any atom is 0.250 e. The molecule has 2 rings (SSSR count). The van der Waals surface area contributed by atoms with Crippen LogP contribution in [0.2, 0.25) is 0 Å². The molecule has 0 saturated carbocycles. The minimum Gasteiger partial charge on any atom is -0.315 e. The minimum absolute atomic E-state index is 0.157. The summed E-state index contributed by atoms with van der Waals surface area (Å²) in [6.45, 7) is 0.816. The van der Waals surface area contributed by atoms with Crippen LogP contribution in [0.1, 0.15) is 10.6 Å². The van der Waals surface area contributed by atoms with Crippen molar-refractivity contribution in [3.8, 4) is 0 Å². The monoisotopic (exact) mass is 298 g/mol. The Morgan fingerprint density at radius 2 is 2.11 bits per heavy atom. The minimum atomic E-state index is -3.48. The van der Waals surface area contributed by atoms with Crippen LogP contribution in [0.3, 0.4) is 0 Å². The Morgan fingerprint density at radius 3 is 2.79 bits per heavy atom. The van der Waals surface area contributed by atoms with Gasteiger partial charge < -0.3 is 5.32 Å². The van der Waals surface area contributed by atoms with Gasteiger partial charge in [-0.25, -0.2) is 23.1 Å². The van der Waals surface area contributed by atoms with E-state index in [-0.39, 0.29) is 6.54 Å². The molecule has 8 heteroatoms. The molecule has 2 aromatic rings. The number of hydrogen-bond donors (Lipinski definition) is 2. The molecule has 0 atom stereocenters. The van der Waals surface area contributed by atoms with Crippen molar-refractivity contribution in [2.24, 2.45) is 0 Å². The Balaban J connectivity index is 2.05. The fourth-order valence-corrected chi connectivity index (χ4v) is 3.85. The molecule has 2 heterocycles. The summed E-state index contributed by atoms with van der Waals surface area (Å²) in [5.74, 6) is 0. The van der Waals surface area contributed by atoms with E-state index in [1.807, 2.05) is 7.05 Å². The van der Waals surface area contributed by atoms with Gasteiger partial charge in [0.1, 0.15) is 10.5 Å². The summed E-state index contributed by atoms with van der Waals surface area (Å²) in [7, 11) is -1.65. The van der Waals surface area contributed by atoms with E-state index < -0.39 is 10.0 Å². The van der Waals surface area contributed by atoms with Crippen LogP contribution >= 0.6 is 11.3 Å². The summed E-state index contributed by atoms with van der Waals surface area (Å²) in [5, 5.41) is 2.98. The largest absolute Gasteiger partial charge is 0.315 e. The molecule has 2 N–H and O–H groups in total. The number of nitrogens with one attached hydrogen (secondary N) is 2. The Bertz CT molecular complexity index is 625. The topological polar surface area (TPSA) is 84.0 Å². The summed E-state index contributed by atoms with van der Waals surface area (Å²) in [6.07, 6.45) is 2.96. The molecular weight excluding hydrogens is 284 g/mol. The van der Waals surface area contributed by atoms with Gasteiger partial charge in [0, 0.05) is 17.6 Å². The molecule has 0 bridgehead atoms. The average Bonchev–Trinajstić information content (AvgIpc) is 2.88. The zero-order valence-corrected chi connectivity index (χ0v) is 12.0. The molecule has 0 unspecified atom stereocenters. The molecule has 19 heavy (non-hydrogen) atoms. The van der Waals surface area contributed by atoms with Crippen molar-refractivity contribution in [3.63, 3.8) is 0 Å². The molecule has 0 aliphatic rings. The molecule has 0 saturated heterocycles. The van der Waals surface area contributed by atoms with Crippen LogP contribution in [0, 0.1) is 0 Å². The fraction of sp³-hybridized carbons (Fsp3) is 0.273. The lowest BCUT2D eigenvalue weighted by Crippen LogP contribution is -2.22. The summed E-state index contributed by atoms with van der Waals surface area (Å²) in [4.78, 5) is 8.72. The lowest BCUT2D eigenvalue weighted by Gasteiger charge is -2.03. The Hall–Kier alpha value is -1.35. The second-order valence-electron chi connectivity index (χ2n) is 3.78. The predicted octanol–water partition coefficient (Wildman–Crippen LogP) is 0.736. The first-order valence-corrected chi connectivity index (χ1v) is 7.89. The predicted molar refractivity (Wildman–Crippen MR) is 73.1 cm³/mol. The smallest absolute Gasteiger partial charge is 0.250 e. The number of aromatic nitrogens is 2. The SMILES string of the molecule is CNCc1ccc(S(=O)(=O)NCc2ccncn2)s1.